The summed E-state index contributed by atoms with van der Waals surface area (Å²) in [5.41, 5.74) is 0.779. The van der Waals surface area contributed by atoms with E-state index < -0.39 is 48.9 Å². The molecule has 3 aromatic rings. The second-order valence-electron chi connectivity index (χ2n) is 7.70. The van der Waals surface area contributed by atoms with Crippen molar-refractivity contribution in [3.05, 3.63) is 114 Å². The molecule has 4 rings (SSSR count). The van der Waals surface area contributed by atoms with E-state index in [0.717, 1.165) is 6.61 Å². The molecule has 4 atom stereocenters. The molecule has 0 unspecified atom stereocenters. The normalized spacial score (nSPS) is 21.5. The molecule has 0 saturated carbocycles. The molecule has 1 saturated heterocycles. The third-order valence-electron chi connectivity index (χ3n) is 5.34. The van der Waals surface area contributed by atoms with Crippen molar-refractivity contribution >= 4 is 17.9 Å². The lowest BCUT2D eigenvalue weighted by atomic mass is 9.99. The first kappa shape index (κ1) is 24.1. The summed E-state index contributed by atoms with van der Waals surface area (Å²) in [6, 6.07) is 24.7. The van der Waals surface area contributed by atoms with E-state index in [4.69, 9.17) is 18.9 Å². The maximum Gasteiger partial charge on any atom is 0.338 e. The van der Waals surface area contributed by atoms with Crippen molar-refractivity contribution in [3.8, 4) is 0 Å². The number of ether oxygens (including phenoxy) is 4. The summed E-state index contributed by atoms with van der Waals surface area (Å²) in [5, 5.41) is 9.88. The van der Waals surface area contributed by atoms with Gasteiger partial charge in [-0.1, -0.05) is 54.6 Å². The van der Waals surface area contributed by atoms with Gasteiger partial charge in [0.05, 0.1) is 23.3 Å². The number of carbonyl (C=O) groups is 3. The van der Waals surface area contributed by atoms with Crippen molar-refractivity contribution in [1.82, 2.24) is 0 Å². The molecule has 3 aromatic carbocycles. The zero-order chi connectivity index (χ0) is 24.6. The third-order valence-corrected chi connectivity index (χ3v) is 5.34. The van der Waals surface area contributed by atoms with E-state index in [1.54, 1.807) is 91.0 Å². The number of carbonyl (C=O) groups excluding carboxylic acids is 3. The molecule has 1 heterocycles. The summed E-state index contributed by atoms with van der Waals surface area (Å²) in [7, 11) is 0. The summed E-state index contributed by atoms with van der Waals surface area (Å²) >= 11 is 0. The average Bonchev–Trinajstić information content (AvgIpc) is 2.91. The topological polar surface area (TPSA) is 108 Å². The minimum Gasteiger partial charge on any atom is -0.452 e. The molecule has 0 aromatic heterocycles. The van der Waals surface area contributed by atoms with Crippen LogP contribution in [-0.2, 0) is 18.9 Å². The van der Waals surface area contributed by atoms with Crippen molar-refractivity contribution in [2.24, 2.45) is 0 Å². The molecule has 1 fully saturated rings. The fraction of sp³-hybridized carbons (Fsp3) is 0.185. The predicted octanol–water partition coefficient (Wildman–Crippen LogP) is 3.22. The summed E-state index contributed by atoms with van der Waals surface area (Å²) in [4.78, 5) is 38.4. The first-order valence-electron chi connectivity index (χ1n) is 10.9. The van der Waals surface area contributed by atoms with E-state index in [0.29, 0.717) is 0 Å². The Morgan fingerprint density at radius 1 is 0.629 bits per heavy atom. The molecular weight excluding hydrogens is 452 g/mol. The number of aliphatic hydroxyl groups is 1. The van der Waals surface area contributed by atoms with Crippen LogP contribution in [0, 0.1) is 6.61 Å². The van der Waals surface area contributed by atoms with Crippen LogP contribution in [0.1, 0.15) is 31.1 Å². The monoisotopic (exact) mass is 475 g/mol. The van der Waals surface area contributed by atoms with Gasteiger partial charge in [0.15, 0.2) is 18.3 Å². The molecule has 8 nitrogen and oxygen atoms in total. The van der Waals surface area contributed by atoms with Crippen LogP contribution >= 0.6 is 0 Å². The second kappa shape index (κ2) is 11.4. The van der Waals surface area contributed by atoms with Gasteiger partial charge in [-0.25, -0.2) is 14.4 Å². The molecule has 0 bridgehead atoms. The van der Waals surface area contributed by atoms with Gasteiger partial charge in [-0.3, -0.25) is 0 Å². The lowest BCUT2D eigenvalue weighted by Gasteiger charge is -2.39. The van der Waals surface area contributed by atoms with Crippen LogP contribution < -0.4 is 0 Å². The van der Waals surface area contributed by atoms with Crippen LogP contribution in [-0.4, -0.2) is 54.0 Å². The fourth-order valence-corrected chi connectivity index (χ4v) is 3.55. The molecule has 8 heteroatoms. The standard InChI is InChI=1S/C27H23O8/c28-16-21-23(34-26(30)19-12-6-2-7-13-19)24(35-27(31)20-14-8-3-9-15-20)22(17-32-21)33-25(29)18-10-4-1-5-11-18/h1-15,17,21-24,28H,16H2/t21-,22+,23-,24-/m1/s1. The van der Waals surface area contributed by atoms with E-state index in [-0.39, 0.29) is 16.7 Å². The van der Waals surface area contributed by atoms with Crippen LogP contribution in [0.4, 0.5) is 0 Å². The van der Waals surface area contributed by atoms with Gasteiger partial charge >= 0.3 is 17.9 Å². The highest BCUT2D eigenvalue weighted by atomic mass is 16.6. The van der Waals surface area contributed by atoms with Crippen molar-refractivity contribution in [3.63, 3.8) is 0 Å². The Balaban J connectivity index is 1.62. The molecule has 0 amide bonds. The molecule has 1 radical (unpaired) electrons. The van der Waals surface area contributed by atoms with E-state index in [9.17, 15) is 19.5 Å². The molecule has 35 heavy (non-hydrogen) atoms. The largest absolute Gasteiger partial charge is 0.452 e. The van der Waals surface area contributed by atoms with Crippen molar-refractivity contribution in [2.75, 3.05) is 6.61 Å². The maximum atomic E-state index is 12.9. The molecule has 1 aliphatic heterocycles. The quantitative estimate of drug-likeness (QED) is 0.410. The number of esters is 3. The SMILES string of the molecule is O=C(O[C@H]1[C@H](OC(=O)c2ccccc2)[C@@H](CO)O[CH][C@@H]1OC(=O)c1ccccc1)c1ccccc1. The molecular formula is C27H23O8. The van der Waals surface area contributed by atoms with Gasteiger partial charge in [-0.15, -0.1) is 0 Å². The van der Waals surface area contributed by atoms with Gasteiger partial charge in [-0.2, -0.15) is 0 Å². The lowest BCUT2D eigenvalue weighted by Crippen LogP contribution is -2.57. The lowest BCUT2D eigenvalue weighted by molar-refractivity contribution is -0.174. The van der Waals surface area contributed by atoms with Gasteiger partial charge < -0.3 is 24.1 Å². The third kappa shape index (κ3) is 5.92. The van der Waals surface area contributed by atoms with Crippen LogP contribution in [0.5, 0.6) is 0 Å². The zero-order valence-corrected chi connectivity index (χ0v) is 18.6. The summed E-state index contributed by atoms with van der Waals surface area (Å²) in [6.07, 6.45) is -4.82. The van der Waals surface area contributed by atoms with Crippen LogP contribution in [0.25, 0.3) is 0 Å². The highest BCUT2D eigenvalue weighted by Crippen LogP contribution is 2.28. The molecule has 0 spiro atoms. The highest BCUT2D eigenvalue weighted by Gasteiger charge is 2.48. The van der Waals surface area contributed by atoms with Crippen molar-refractivity contribution in [2.45, 2.75) is 24.4 Å². The molecule has 0 aliphatic carbocycles. The highest BCUT2D eigenvalue weighted by molar-refractivity contribution is 5.91. The second-order valence-corrected chi connectivity index (χ2v) is 7.70. The van der Waals surface area contributed by atoms with E-state index >= 15 is 0 Å². The van der Waals surface area contributed by atoms with Crippen LogP contribution in [0.3, 0.4) is 0 Å². The van der Waals surface area contributed by atoms with E-state index in [1.165, 1.54) is 0 Å². The minimum absolute atomic E-state index is 0.251. The average molecular weight is 475 g/mol. The Hall–Kier alpha value is -4.01. The van der Waals surface area contributed by atoms with Gasteiger partial charge in [0.25, 0.3) is 0 Å². The van der Waals surface area contributed by atoms with Crippen LogP contribution in [0.2, 0.25) is 0 Å². The van der Waals surface area contributed by atoms with Crippen molar-refractivity contribution in [1.29, 1.82) is 0 Å². The number of hydrogen-bond acceptors (Lipinski definition) is 8. The fourth-order valence-electron chi connectivity index (χ4n) is 3.55. The van der Waals surface area contributed by atoms with Gasteiger partial charge in [0.1, 0.15) is 12.7 Å². The van der Waals surface area contributed by atoms with E-state index in [2.05, 4.69) is 0 Å². The van der Waals surface area contributed by atoms with Gasteiger partial charge in [-0.05, 0) is 36.4 Å². The Labute approximate surface area is 202 Å². The first-order valence-corrected chi connectivity index (χ1v) is 10.9. The molecule has 1 aliphatic rings. The smallest absolute Gasteiger partial charge is 0.338 e. The first-order chi connectivity index (χ1) is 17.1. The van der Waals surface area contributed by atoms with Gasteiger partial charge in [0.2, 0.25) is 0 Å². The summed E-state index contributed by atoms with van der Waals surface area (Å²) in [6.45, 7) is 0.624. The Morgan fingerprint density at radius 2 is 1.03 bits per heavy atom. The molecule has 179 valence electrons. The van der Waals surface area contributed by atoms with Gasteiger partial charge in [0, 0.05) is 0 Å². The number of hydrogen-bond donors (Lipinski definition) is 1. The minimum atomic E-state index is -1.28. The van der Waals surface area contributed by atoms with Crippen LogP contribution in [0.15, 0.2) is 91.0 Å². The molecule has 1 N–H and O–H groups in total. The predicted molar refractivity (Wildman–Crippen MR) is 123 cm³/mol. The summed E-state index contributed by atoms with van der Waals surface area (Å²) < 4.78 is 22.4. The van der Waals surface area contributed by atoms with Crippen molar-refractivity contribution < 1.29 is 38.4 Å². The number of benzene rings is 3. The number of rotatable bonds is 7. The summed E-state index contributed by atoms with van der Waals surface area (Å²) in [5.74, 6) is -2.12. The van der Waals surface area contributed by atoms with E-state index in [1.807, 2.05) is 0 Å². The zero-order valence-electron chi connectivity index (χ0n) is 18.6. The number of aliphatic hydroxyl groups excluding tert-OH is 1. The Kier molecular flexibility index (Phi) is 7.87. The Bertz CT molecular complexity index is 1130. The maximum absolute atomic E-state index is 12.9. The Morgan fingerprint density at radius 3 is 1.46 bits per heavy atom.